The second-order valence-corrected chi connectivity index (χ2v) is 6.86. The van der Waals surface area contributed by atoms with Crippen LogP contribution in [0.5, 0.6) is 0 Å². The summed E-state index contributed by atoms with van der Waals surface area (Å²) >= 11 is 3.55. The number of aryl methyl sites for hydroxylation is 2. The molecule has 0 aliphatic rings. The Morgan fingerprint density at radius 2 is 2.15 bits per heavy atom. The Kier molecular flexibility index (Phi) is 4.65. The van der Waals surface area contributed by atoms with E-state index in [1.165, 1.54) is 0 Å². The summed E-state index contributed by atoms with van der Waals surface area (Å²) in [6.07, 6.45) is 0.846. The molecule has 20 heavy (non-hydrogen) atoms. The minimum atomic E-state index is -1.14. The first-order valence-electron chi connectivity index (χ1n) is 6.39. The molecule has 0 saturated heterocycles. The lowest BCUT2D eigenvalue weighted by molar-refractivity contribution is 0.675. The Bertz CT molecular complexity index is 667. The van der Waals surface area contributed by atoms with Crippen LogP contribution in [0, 0.1) is 6.92 Å². The van der Waals surface area contributed by atoms with Crippen LogP contribution in [0.1, 0.15) is 23.9 Å². The van der Waals surface area contributed by atoms with Gasteiger partial charge in [0.2, 0.25) is 0 Å². The summed E-state index contributed by atoms with van der Waals surface area (Å²) in [6.45, 7) is 3.95. The van der Waals surface area contributed by atoms with E-state index in [0.717, 1.165) is 32.7 Å². The van der Waals surface area contributed by atoms with Crippen molar-refractivity contribution in [3.63, 3.8) is 0 Å². The molecule has 6 heteroatoms. The van der Waals surface area contributed by atoms with Gasteiger partial charge in [0.1, 0.15) is 0 Å². The molecule has 1 heterocycles. The molecule has 0 spiro atoms. The van der Waals surface area contributed by atoms with Gasteiger partial charge in [-0.3, -0.25) is 8.89 Å². The third-order valence-corrected chi connectivity index (χ3v) is 5.73. The summed E-state index contributed by atoms with van der Waals surface area (Å²) in [5.74, 6) is 0.425. The molecule has 2 N–H and O–H groups in total. The molecule has 1 atom stereocenters. The van der Waals surface area contributed by atoms with Crippen LogP contribution < -0.4 is 5.73 Å². The molecule has 4 nitrogen and oxygen atoms in total. The van der Waals surface area contributed by atoms with E-state index in [1.807, 2.05) is 32.2 Å². The highest BCUT2D eigenvalue weighted by atomic mass is 79.9. The van der Waals surface area contributed by atoms with Gasteiger partial charge < -0.3 is 5.73 Å². The number of nitrogens with zero attached hydrogens (tertiary/aromatic N) is 2. The number of aromatic nitrogens is 2. The Balaban J connectivity index is 2.33. The van der Waals surface area contributed by atoms with Gasteiger partial charge in [-0.2, -0.15) is 5.10 Å². The molecule has 0 aliphatic heterocycles. The summed E-state index contributed by atoms with van der Waals surface area (Å²) in [4.78, 5) is 0.788. The second-order valence-electron chi connectivity index (χ2n) is 4.64. The quantitative estimate of drug-likeness (QED) is 0.857. The molecule has 1 aromatic carbocycles. The number of nitrogens with two attached hydrogens (primary N) is 1. The van der Waals surface area contributed by atoms with Gasteiger partial charge in [0.25, 0.3) is 0 Å². The van der Waals surface area contributed by atoms with E-state index < -0.39 is 10.8 Å². The van der Waals surface area contributed by atoms with Gasteiger partial charge in [0, 0.05) is 17.6 Å². The molecule has 1 aromatic heterocycles. The fraction of sp³-hybridized carbons (Fsp3) is 0.357. The number of benzene rings is 1. The third kappa shape index (κ3) is 2.81. The fourth-order valence-corrected chi connectivity index (χ4v) is 4.42. The van der Waals surface area contributed by atoms with Gasteiger partial charge in [-0.05, 0) is 47.0 Å². The number of hydrogen-bond acceptors (Lipinski definition) is 3. The van der Waals surface area contributed by atoms with E-state index in [4.69, 9.17) is 5.73 Å². The van der Waals surface area contributed by atoms with Crippen LogP contribution in [-0.2, 0) is 30.0 Å². The van der Waals surface area contributed by atoms with Crippen molar-refractivity contribution < 1.29 is 4.21 Å². The standard InChI is InChI=1S/C14H18BrN3OS/c1-4-11-14(15)12(18(3)17-11)8-20(19)13-7-5-6-10(16)9(13)2/h5-7H,4,8,16H2,1-3H3. The number of halogens is 1. The van der Waals surface area contributed by atoms with Gasteiger partial charge in [-0.15, -0.1) is 0 Å². The molecule has 108 valence electrons. The SMILES string of the molecule is CCc1nn(C)c(CS(=O)c2cccc(N)c2C)c1Br. The zero-order chi connectivity index (χ0) is 14.9. The van der Waals surface area contributed by atoms with Crippen molar-refractivity contribution in [3.05, 3.63) is 39.6 Å². The van der Waals surface area contributed by atoms with Crippen molar-refractivity contribution in [2.24, 2.45) is 7.05 Å². The second kappa shape index (κ2) is 6.10. The molecule has 0 saturated carbocycles. The summed E-state index contributed by atoms with van der Waals surface area (Å²) in [5.41, 5.74) is 9.38. The van der Waals surface area contributed by atoms with Crippen molar-refractivity contribution in [1.29, 1.82) is 0 Å². The molecule has 0 radical (unpaired) electrons. The average molecular weight is 356 g/mol. The molecule has 0 aliphatic carbocycles. The number of nitrogen functional groups attached to an aromatic ring is 1. The van der Waals surface area contributed by atoms with Crippen molar-refractivity contribution in [1.82, 2.24) is 9.78 Å². The van der Waals surface area contributed by atoms with Crippen LogP contribution in [0.3, 0.4) is 0 Å². The average Bonchev–Trinajstić information content (AvgIpc) is 2.69. The molecule has 2 aromatic rings. The minimum absolute atomic E-state index is 0.425. The minimum Gasteiger partial charge on any atom is -0.398 e. The van der Waals surface area contributed by atoms with Crippen molar-refractivity contribution in [2.75, 3.05) is 5.73 Å². The molecule has 1 unspecified atom stereocenters. The Morgan fingerprint density at radius 3 is 2.75 bits per heavy atom. The van der Waals surface area contributed by atoms with Gasteiger partial charge in [0.05, 0.1) is 32.4 Å². The lowest BCUT2D eigenvalue weighted by Crippen LogP contribution is -2.05. The fourth-order valence-electron chi connectivity index (χ4n) is 2.06. The van der Waals surface area contributed by atoms with E-state index in [9.17, 15) is 4.21 Å². The monoisotopic (exact) mass is 355 g/mol. The van der Waals surface area contributed by atoms with Gasteiger partial charge in [0.15, 0.2) is 0 Å². The highest BCUT2D eigenvalue weighted by Crippen LogP contribution is 2.26. The summed E-state index contributed by atoms with van der Waals surface area (Å²) in [7, 11) is 0.741. The van der Waals surface area contributed by atoms with E-state index in [2.05, 4.69) is 28.0 Å². The first-order valence-corrected chi connectivity index (χ1v) is 8.50. The number of anilines is 1. The van der Waals surface area contributed by atoms with Crippen LogP contribution in [-0.4, -0.2) is 14.0 Å². The smallest absolute Gasteiger partial charge is 0.0767 e. The van der Waals surface area contributed by atoms with Gasteiger partial charge in [-0.1, -0.05) is 13.0 Å². The highest BCUT2D eigenvalue weighted by Gasteiger charge is 2.17. The maximum atomic E-state index is 12.6. The van der Waals surface area contributed by atoms with Crippen LogP contribution in [0.15, 0.2) is 27.6 Å². The third-order valence-electron chi connectivity index (χ3n) is 3.34. The number of hydrogen-bond donors (Lipinski definition) is 1. The van der Waals surface area contributed by atoms with E-state index in [-0.39, 0.29) is 0 Å². The zero-order valence-electron chi connectivity index (χ0n) is 11.8. The van der Waals surface area contributed by atoms with E-state index >= 15 is 0 Å². The zero-order valence-corrected chi connectivity index (χ0v) is 14.2. The van der Waals surface area contributed by atoms with Gasteiger partial charge >= 0.3 is 0 Å². The molecule has 2 rings (SSSR count). The van der Waals surface area contributed by atoms with Crippen LogP contribution in [0.2, 0.25) is 0 Å². The Labute approximate surface area is 130 Å². The molecule has 0 amide bonds. The highest BCUT2D eigenvalue weighted by molar-refractivity contribution is 9.10. The van der Waals surface area contributed by atoms with Gasteiger partial charge in [-0.25, -0.2) is 0 Å². The lowest BCUT2D eigenvalue weighted by atomic mass is 10.2. The van der Waals surface area contributed by atoms with Crippen molar-refractivity contribution >= 4 is 32.4 Å². The maximum absolute atomic E-state index is 12.6. The summed E-state index contributed by atoms with van der Waals surface area (Å²) < 4.78 is 15.3. The van der Waals surface area contributed by atoms with Crippen LogP contribution >= 0.6 is 15.9 Å². The molecular formula is C14H18BrN3OS. The Hall–Kier alpha value is -1.14. The molecule has 0 bridgehead atoms. The van der Waals surface area contributed by atoms with Crippen molar-refractivity contribution in [2.45, 2.75) is 30.9 Å². The van der Waals surface area contributed by atoms with E-state index in [0.29, 0.717) is 11.4 Å². The summed E-state index contributed by atoms with van der Waals surface area (Å²) in [6, 6.07) is 5.53. The van der Waals surface area contributed by atoms with Crippen LogP contribution in [0.25, 0.3) is 0 Å². The molecular weight excluding hydrogens is 338 g/mol. The topological polar surface area (TPSA) is 60.9 Å². The van der Waals surface area contributed by atoms with Crippen LogP contribution in [0.4, 0.5) is 5.69 Å². The summed E-state index contributed by atoms with van der Waals surface area (Å²) in [5, 5.41) is 4.43. The largest absolute Gasteiger partial charge is 0.398 e. The van der Waals surface area contributed by atoms with E-state index in [1.54, 1.807) is 4.68 Å². The molecule has 0 fully saturated rings. The normalized spacial score (nSPS) is 12.6. The Morgan fingerprint density at radius 1 is 1.45 bits per heavy atom. The predicted octanol–water partition coefficient (Wildman–Crippen LogP) is 2.94. The predicted molar refractivity (Wildman–Crippen MR) is 86.0 cm³/mol. The number of rotatable bonds is 4. The first kappa shape index (κ1) is 15.3. The first-order chi connectivity index (χ1) is 9.45. The van der Waals surface area contributed by atoms with Crippen molar-refractivity contribution in [3.8, 4) is 0 Å². The maximum Gasteiger partial charge on any atom is 0.0767 e. The lowest BCUT2D eigenvalue weighted by Gasteiger charge is -2.08.